The van der Waals surface area contributed by atoms with Gasteiger partial charge in [0.25, 0.3) is 0 Å². The molecule has 29 heavy (non-hydrogen) atoms. The fourth-order valence-corrected chi connectivity index (χ4v) is 3.31. The van der Waals surface area contributed by atoms with Crippen molar-refractivity contribution in [2.75, 3.05) is 7.11 Å². The molecule has 1 aromatic heterocycles. The highest BCUT2D eigenvalue weighted by atomic mass is 35.5. The fourth-order valence-electron chi connectivity index (χ4n) is 3.08. The topological polar surface area (TPSA) is 61.2 Å². The molecule has 0 unspecified atom stereocenters. The first-order valence-corrected chi connectivity index (χ1v) is 9.61. The zero-order valence-corrected chi connectivity index (χ0v) is 17.0. The smallest absolute Gasteiger partial charge is 0.338 e. The maximum Gasteiger partial charge on any atom is 0.338 e. The molecule has 0 aliphatic carbocycles. The van der Waals surface area contributed by atoms with Crippen LogP contribution in [0, 0.1) is 0 Å². The quantitative estimate of drug-likeness (QED) is 0.394. The molecule has 5 nitrogen and oxygen atoms in total. The lowest BCUT2D eigenvalue weighted by Crippen LogP contribution is -2.06. The van der Waals surface area contributed by atoms with Crippen LogP contribution in [0.1, 0.15) is 45.6 Å². The third-order valence-electron chi connectivity index (χ3n) is 4.54. The number of ether oxygens (including phenoxy) is 1. The van der Waals surface area contributed by atoms with E-state index in [-0.39, 0.29) is 11.1 Å². The Morgan fingerprint density at radius 1 is 1.17 bits per heavy atom. The third kappa shape index (κ3) is 4.46. The number of nitrogens with zero attached hydrogens (tertiary/aromatic N) is 2. The van der Waals surface area contributed by atoms with Crippen LogP contribution < -0.4 is 0 Å². The summed E-state index contributed by atoms with van der Waals surface area (Å²) in [5.41, 5.74) is 3.55. The maximum absolute atomic E-state index is 12.0. The van der Waals surface area contributed by atoms with Crippen LogP contribution in [0.5, 0.6) is 0 Å². The summed E-state index contributed by atoms with van der Waals surface area (Å²) in [5, 5.41) is 0.194. The van der Waals surface area contributed by atoms with E-state index in [4.69, 9.17) is 16.3 Å². The summed E-state index contributed by atoms with van der Waals surface area (Å²) in [5.74, 6) is 0.264. The lowest BCUT2D eigenvalue weighted by molar-refractivity contribution is 0.0601. The normalized spacial score (nSPS) is 11.0. The summed E-state index contributed by atoms with van der Waals surface area (Å²) < 4.78 is 6.66. The maximum atomic E-state index is 12.0. The highest BCUT2D eigenvalue weighted by Gasteiger charge is 2.15. The molecule has 0 spiro atoms. The third-order valence-corrected chi connectivity index (χ3v) is 4.82. The van der Waals surface area contributed by atoms with Gasteiger partial charge in [0.15, 0.2) is 11.4 Å². The van der Waals surface area contributed by atoms with Crippen molar-refractivity contribution in [1.82, 2.24) is 9.55 Å². The van der Waals surface area contributed by atoms with E-state index in [1.807, 2.05) is 55.5 Å². The number of halogens is 1. The van der Waals surface area contributed by atoms with E-state index < -0.39 is 0 Å². The van der Waals surface area contributed by atoms with E-state index in [1.54, 1.807) is 16.7 Å². The predicted octanol–water partition coefficient (Wildman–Crippen LogP) is 5.27. The van der Waals surface area contributed by atoms with Gasteiger partial charge >= 0.3 is 5.97 Å². The lowest BCUT2D eigenvalue weighted by Gasteiger charge is -2.11. The van der Waals surface area contributed by atoms with Crippen LogP contribution in [0.15, 0.2) is 54.6 Å². The second kappa shape index (κ2) is 9.34. The Labute approximate surface area is 174 Å². The minimum Gasteiger partial charge on any atom is -0.465 e. The molecule has 0 saturated heterocycles. The van der Waals surface area contributed by atoms with Crippen molar-refractivity contribution >= 4 is 29.9 Å². The molecule has 0 aliphatic heterocycles. The van der Waals surface area contributed by atoms with Gasteiger partial charge in [-0.1, -0.05) is 67.1 Å². The van der Waals surface area contributed by atoms with Crippen molar-refractivity contribution in [3.63, 3.8) is 0 Å². The molecule has 1 heterocycles. The SMILES string of the molecule is CC/C=C/c1nc(Cl)c(C=O)n1Cc1ccc(-c2ccccc2C(=O)OC)cc1. The summed E-state index contributed by atoms with van der Waals surface area (Å²) in [6.07, 6.45) is 5.41. The number of hydrogen-bond donors (Lipinski definition) is 0. The molecule has 0 N–H and O–H groups in total. The Bertz CT molecular complexity index is 1050. The number of benzene rings is 2. The molecule has 2 aromatic carbocycles. The second-order valence-electron chi connectivity index (χ2n) is 6.39. The van der Waals surface area contributed by atoms with Crippen molar-refractivity contribution in [3.05, 3.63) is 82.4 Å². The minimum atomic E-state index is -0.374. The van der Waals surface area contributed by atoms with Crippen LogP contribution in [-0.2, 0) is 11.3 Å². The Balaban J connectivity index is 1.93. The van der Waals surface area contributed by atoms with E-state index in [0.29, 0.717) is 23.6 Å². The van der Waals surface area contributed by atoms with Crippen LogP contribution in [0.4, 0.5) is 0 Å². The van der Waals surface area contributed by atoms with Crippen molar-refractivity contribution in [2.24, 2.45) is 0 Å². The standard InChI is InChI=1S/C23H21ClN2O3/c1-3-4-9-21-25-22(24)20(15-27)26(21)14-16-10-12-17(13-11-16)18-7-5-6-8-19(18)23(28)29-2/h4-13,15H,3,14H2,1-2H3/b9-4+. The summed E-state index contributed by atoms with van der Waals surface area (Å²) >= 11 is 6.12. The van der Waals surface area contributed by atoms with Crippen LogP contribution in [-0.4, -0.2) is 28.9 Å². The van der Waals surface area contributed by atoms with Crippen molar-refractivity contribution in [1.29, 1.82) is 0 Å². The molecular formula is C23H21ClN2O3. The molecule has 3 aromatic rings. The number of rotatable bonds is 7. The highest BCUT2D eigenvalue weighted by molar-refractivity contribution is 6.31. The number of carbonyl (C=O) groups excluding carboxylic acids is 2. The Hall–Kier alpha value is -3.18. The van der Waals surface area contributed by atoms with E-state index in [1.165, 1.54) is 7.11 Å². The molecule has 148 valence electrons. The number of esters is 1. The van der Waals surface area contributed by atoms with Crippen molar-refractivity contribution in [2.45, 2.75) is 19.9 Å². The average Bonchev–Trinajstić information content (AvgIpc) is 3.06. The first-order valence-electron chi connectivity index (χ1n) is 9.23. The Kier molecular flexibility index (Phi) is 6.62. The average molecular weight is 409 g/mol. The van der Waals surface area contributed by atoms with E-state index in [2.05, 4.69) is 4.98 Å². The minimum absolute atomic E-state index is 0.194. The second-order valence-corrected chi connectivity index (χ2v) is 6.75. The number of aromatic nitrogens is 2. The molecular weight excluding hydrogens is 388 g/mol. The van der Waals surface area contributed by atoms with Crippen LogP contribution in [0.25, 0.3) is 17.2 Å². The number of hydrogen-bond acceptors (Lipinski definition) is 4. The van der Waals surface area contributed by atoms with E-state index in [9.17, 15) is 9.59 Å². The molecule has 0 radical (unpaired) electrons. The van der Waals surface area contributed by atoms with Gasteiger partial charge in [0.2, 0.25) is 0 Å². The molecule has 0 atom stereocenters. The lowest BCUT2D eigenvalue weighted by atomic mass is 9.98. The predicted molar refractivity (Wildman–Crippen MR) is 114 cm³/mol. The van der Waals surface area contributed by atoms with Crippen molar-refractivity contribution in [3.8, 4) is 11.1 Å². The molecule has 0 aliphatic rings. The first kappa shape index (κ1) is 20.6. The monoisotopic (exact) mass is 408 g/mol. The van der Waals surface area contributed by atoms with Crippen LogP contribution in [0.3, 0.4) is 0 Å². The van der Waals surface area contributed by atoms with Gasteiger partial charge in [0.05, 0.1) is 12.7 Å². The van der Waals surface area contributed by atoms with Gasteiger partial charge in [-0.25, -0.2) is 9.78 Å². The van der Waals surface area contributed by atoms with Gasteiger partial charge in [-0.2, -0.15) is 0 Å². The zero-order valence-electron chi connectivity index (χ0n) is 16.3. The number of methoxy groups -OCH3 is 1. The number of aldehydes is 1. The van der Waals surface area contributed by atoms with Gasteiger partial charge in [-0.3, -0.25) is 4.79 Å². The van der Waals surface area contributed by atoms with E-state index >= 15 is 0 Å². The largest absolute Gasteiger partial charge is 0.465 e. The summed E-state index contributed by atoms with van der Waals surface area (Å²) in [6.45, 7) is 2.48. The van der Waals surface area contributed by atoms with Gasteiger partial charge < -0.3 is 9.30 Å². The Morgan fingerprint density at radius 3 is 2.55 bits per heavy atom. The fraction of sp³-hybridized carbons (Fsp3) is 0.174. The summed E-state index contributed by atoms with van der Waals surface area (Å²) in [6, 6.07) is 15.1. The molecule has 0 bridgehead atoms. The van der Waals surface area contributed by atoms with Crippen molar-refractivity contribution < 1.29 is 14.3 Å². The van der Waals surface area contributed by atoms with Gasteiger partial charge in [-0.05, 0) is 35.3 Å². The zero-order chi connectivity index (χ0) is 20.8. The first-order chi connectivity index (χ1) is 14.1. The Morgan fingerprint density at radius 2 is 1.90 bits per heavy atom. The molecule has 0 amide bonds. The number of carbonyl (C=O) groups is 2. The van der Waals surface area contributed by atoms with Crippen LogP contribution >= 0.6 is 11.6 Å². The molecule has 6 heteroatoms. The number of imidazole rings is 1. The van der Waals surface area contributed by atoms with Gasteiger partial charge in [-0.15, -0.1) is 0 Å². The van der Waals surface area contributed by atoms with Gasteiger partial charge in [0, 0.05) is 6.54 Å². The summed E-state index contributed by atoms with van der Waals surface area (Å²) in [4.78, 5) is 27.8. The highest BCUT2D eigenvalue weighted by Crippen LogP contribution is 2.26. The molecule has 0 fully saturated rings. The number of allylic oxidation sites excluding steroid dienone is 1. The van der Waals surface area contributed by atoms with E-state index in [0.717, 1.165) is 29.4 Å². The molecule has 0 saturated carbocycles. The summed E-state index contributed by atoms with van der Waals surface area (Å²) in [7, 11) is 1.37. The van der Waals surface area contributed by atoms with Gasteiger partial charge in [0.1, 0.15) is 11.5 Å². The molecule has 3 rings (SSSR count). The van der Waals surface area contributed by atoms with Crippen LogP contribution in [0.2, 0.25) is 5.15 Å².